The van der Waals surface area contributed by atoms with Gasteiger partial charge in [0.25, 0.3) is 0 Å². The average molecular weight is 305 g/mol. The minimum absolute atomic E-state index is 0.0815. The highest BCUT2D eigenvalue weighted by molar-refractivity contribution is 5.70. The van der Waals surface area contributed by atoms with Crippen molar-refractivity contribution in [3.8, 4) is 0 Å². The molecule has 1 aliphatic rings. The summed E-state index contributed by atoms with van der Waals surface area (Å²) >= 11 is 0. The standard InChI is InChI=1S/C17H23NO4/c19-16(20)14-8-4-10-15(11-5-9-14)18-17(21)22-12-13-6-2-1-3-7-13/h1-3,6-7,14-15H,4-5,8-12H2,(H,18,21)(H,19,20). The van der Waals surface area contributed by atoms with E-state index in [2.05, 4.69) is 5.32 Å². The number of rotatable bonds is 4. The third-order valence-corrected chi connectivity index (χ3v) is 4.09. The van der Waals surface area contributed by atoms with Crippen molar-refractivity contribution in [3.05, 3.63) is 35.9 Å². The van der Waals surface area contributed by atoms with E-state index in [1.54, 1.807) is 0 Å². The Morgan fingerprint density at radius 1 is 1.09 bits per heavy atom. The summed E-state index contributed by atoms with van der Waals surface area (Å²) in [6, 6.07) is 9.64. The molecule has 5 nitrogen and oxygen atoms in total. The van der Waals surface area contributed by atoms with Crippen molar-refractivity contribution in [2.45, 2.75) is 51.2 Å². The molecule has 22 heavy (non-hydrogen) atoms. The minimum atomic E-state index is -0.700. The first-order chi connectivity index (χ1) is 10.6. The Morgan fingerprint density at radius 3 is 2.32 bits per heavy atom. The third-order valence-electron chi connectivity index (χ3n) is 4.09. The zero-order valence-electron chi connectivity index (χ0n) is 12.7. The molecule has 5 heteroatoms. The van der Waals surface area contributed by atoms with Crippen LogP contribution in [0.5, 0.6) is 0 Å². The molecule has 1 saturated carbocycles. The minimum Gasteiger partial charge on any atom is -0.481 e. The lowest BCUT2D eigenvalue weighted by molar-refractivity contribution is -0.142. The van der Waals surface area contributed by atoms with Gasteiger partial charge in [-0.05, 0) is 31.2 Å². The van der Waals surface area contributed by atoms with Crippen molar-refractivity contribution in [1.29, 1.82) is 0 Å². The van der Waals surface area contributed by atoms with Crippen LogP contribution >= 0.6 is 0 Å². The van der Waals surface area contributed by atoms with Gasteiger partial charge in [-0.1, -0.05) is 43.2 Å². The Kier molecular flexibility index (Phi) is 6.25. The van der Waals surface area contributed by atoms with Crippen LogP contribution in [0, 0.1) is 5.92 Å². The molecule has 1 aromatic carbocycles. The summed E-state index contributed by atoms with van der Waals surface area (Å²) < 4.78 is 5.22. The molecule has 1 amide bonds. The maximum Gasteiger partial charge on any atom is 0.407 e. The predicted molar refractivity (Wildman–Crippen MR) is 82.4 cm³/mol. The van der Waals surface area contributed by atoms with E-state index < -0.39 is 12.1 Å². The molecule has 2 N–H and O–H groups in total. The fourth-order valence-corrected chi connectivity index (χ4v) is 2.83. The Balaban J connectivity index is 1.71. The number of nitrogens with one attached hydrogen (secondary N) is 1. The number of carbonyl (C=O) groups excluding carboxylic acids is 1. The Labute approximate surface area is 130 Å². The van der Waals surface area contributed by atoms with Gasteiger partial charge in [0.2, 0.25) is 0 Å². The molecule has 0 bridgehead atoms. The monoisotopic (exact) mass is 305 g/mol. The number of hydrogen-bond acceptors (Lipinski definition) is 3. The largest absolute Gasteiger partial charge is 0.481 e. The highest BCUT2D eigenvalue weighted by atomic mass is 16.5. The van der Waals surface area contributed by atoms with E-state index in [-0.39, 0.29) is 18.6 Å². The number of alkyl carbamates (subject to hydrolysis) is 1. The van der Waals surface area contributed by atoms with Gasteiger partial charge in [-0.25, -0.2) is 4.79 Å². The van der Waals surface area contributed by atoms with Crippen LogP contribution in [0.15, 0.2) is 30.3 Å². The van der Waals surface area contributed by atoms with Crippen LogP contribution in [0.25, 0.3) is 0 Å². The summed E-state index contributed by atoms with van der Waals surface area (Å²) in [4.78, 5) is 22.8. The summed E-state index contributed by atoms with van der Waals surface area (Å²) in [5.41, 5.74) is 0.958. The molecule has 0 aliphatic heterocycles. The first kappa shape index (κ1) is 16.3. The van der Waals surface area contributed by atoms with Gasteiger partial charge in [0.15, 0.2) is 0 Å². The van der Waals surface area contributed by atoms with Gasteiger partial charge in [-0.3, -0.25) is 4.79 Å². The molecular weight excluding hydrogens is 282 g/mol. The van der Waals surface area contributed by atoms with E-state index in [1.165, 1.54) is 0 Å². The van der Waals surface area contributed by atoms with Gasteiger partial charge in [-0.2, -0.15) is 0 Å². The lowest BCUT2D eigenvalue weighted by Crippen LogP contribution is -2.36. The van der Waals surface area contributed by atoms with E-state index in [4.69, 9.17) is 9.84 Å². The van der Waals surface area contributed by atoms with Crippen LogP contribution in [-0.2, 0) is 16.1 Å². The number of amides is 1. The summed E-state index contributed by atoms with van der Waals surface area (Å²) in [5, 5.41) is 11.9. The van der Waals surface area contributed by atoms with Gasteiger partial charge < -0.3 is 15.2 Å². The SMILES string of the molecule is O=C(NC1CCCC(C(=O)O)CCC1)OCc1ccccc1. The smallest absolute Gasteiger partial charge is 0.407 e. The van der Waals surface area contributed by atoms with E-state index in [1.807, 2.05) is 30.3 Å². The van der Waals surface area contributed by atoms with Gasteiger partial charge >= 0.3 is 12.1 Å². The molecule has 0 heterocycles. The number of ether oxygens (including phenoxy) is 1. The maximum absolute atomic E-state index is 11.8. The third kappa shape index (κ3) is 5.39. The normalized spacial score (nSPS) is 22.2. The number of carbonyl (C=O) groups is 2. The predicted octanol–water partition coefficient (Wildman–Crippen LogP) is 3.34. The van der Waals surface area contributed by atoms with Crippen LogP contribution in [0.3, 0.4) is 0 Å². The number of hydrogen-bond donors (Lipinski definition) is 2. The Morgan fingerprint density at radius 2 is 1.73 bits per heavy atom. The average Bonchev–Trinajstić information content (AvgIpc) is 2.48. The van der Waals surface area contributed by atoms with Crippen molar-refractivity contribution in [1.82, 2.24) is 5.32 Å². The molecule has 120 valence electrons. The second kappa shape index (κ2) is 8.41. The molecular formula is C17H23NO4. The maximum atomic E-state index is 11.8. The number of carboxylic acid groups (broad SMARTS) is 1. The quantitative estimate of drug-likeness (QED) is 0.894. The van der Waals surface area contributed by atoms with Crippen molar-refractivity contribution in [3.63, 3.8) is 0 Å². The van der Waals surface area contributed by atoms with Crippen LogP contribution < -0.4 is 5.32 Å². The molecule has 0 spiro atoms. The molecule has 1 aliphatic carbocycles. The van der Waals surface area contributed by atoms with E-state index in [9.17, 15) is 9.59 Å². The van der Waals surface area contributed by atoms with Crippen molar-refractivity contribution in [2.24, 2.45) is 5.92 Å². The summed E-state index contributed by atoms with van der Waals surface area (Å²) in [6.45, 7) is 0.264. The summed E-state index contributed by atoms with van der Waals surface area (Å²) in [7, 11) is 0. The van der Waals surface area contributed by atoms with Gasteiger partial charge in [-0.15, -0.1) is 0 Å². The fraction of sp³-hybridized carbons (Fsp3) is 0.529. The number of carboxylic acids is 1. The van der Waals surface area contributed by atoms with Gasteiger partial charge in [0, 0.05) is 6.04 Å². The Bertz CT molecular complexity index is 479. The van der Waals surface area contributed by atoms with Crippen LogP contribution in [0.4, 0.5) is 4.79 Å². The fourth-order valence-electron chi connectivity index (χ4n) is 2.83. The van der Waals surface area contributed by atoms with Gasteiger partial charge in [0.1, 0.15) is 6.61 Å². The van der Waals surface area contributed by atoms with Gasteiger partial charge in [0.05, 0.1) is 5.92 Å². The summed E-state index contributed by atoms with van der Waals surface area (Å²) in [6.07, 6.45) is 4.23. The zero-order chi connectivity index (χ0) is 15.8. The van der Waals surface area contributed by atoms with E-state index in [0.717, 1.165) is 31.2 Å². The lowest BCUT2D eigenvalue weighted by atomic mass is 9.89. The van der Waals surface area contributed by atoms with Crippen LogP contribution in [-0.4, -0.2) is 23.2 Å². The van der Waals surface area contributed by atoms with Crippen molar-refractivity contribution in [2.75, 3.05) is 0 Å². The molecule has 0 atom stereocenters. The number of benzene rings is 1. The Hall–Kier alpha value is -2.04. The highest BCUT2D eigenvalue weighted by Crippen LogP contribution is 2.22. The van der Waals surface area contributed by atoms with Crippen LogP contribution in [0.1, 0.15) is 44.1 Å². The molecule has 2 rings (SSSR count). The van der Waals surface area contributed by atoms with Crippen molar-refractivity contribution < 1.29 is 19.4 Å². The highest BCUT2D eigenvalue weighted by Gasteiger charge is 2.22. The zero-order valence-corrected chi connectivity index (χ0v) is 12.7. The molecule has 1 fully saturated rings. The second-order valence-electron chi connectivity index (χ2n) is 5.80. The topological polar surface area (TPSA) is 75.6 Å². The second-order valence-corrected chi connectivity index (χ2v) is 5.80. The molecule has 0 radical (unpaired) electrons. The molecule has 0 saturated heterocycles. The molecule has 1 aromatic rings. The summed E-state index contributed by atoms with van der Waals surface area (Å²) in [5.74, 6) is -0.931. The van der Waals surface area contributed by atoms with Crippen LogP contribution in [0.2, 0.25) is 0 Å². The molecule has 0 unspecified atom stereocenters. The first-order valence-electron chi connectivity index (χ1n) is 7.85. The number of aliphatic carboxylic acids is 1. The molecule has 0 aromatic heterocycles. The van der Waals surface area contributed by atoms with E-state index >= 15 is 0 Å². The lowest BCUT2D eigenvalue weighted by Gasteiger charge is -2.23. The first-order valence-corrected chi connectivity index (χ1v) is 7.85. The van der Waals surface area contributed by atoms with Crippen molar-refractivity contribution >= 4 is 12.1 Å². The van der Waals surface area contributed by atoms with E-state index in [0.29, 0.717) is 12.8 Å².